The van der Waals surface area contributed by atoms with Crippen molar-refractivity contribution in [1.82, 2.24) is 4.98 Å². The van der Waals surface area contributed by atoms with Gasteiger partial charge >= 0.3 is 0 Å². The first-order valence-corrected chi connectivity index (χ1v) is 7.43. The molecule has 0 amide bonds. The largest absolute Gasteiger partial charge is 0.357 e. The van der Waals surface area contributed by atoms with E-state index < -0.39 is 5.82 Å². The molecule has 3 aromatic rings. The molecule has 0 aliphatic carbocycles. The SMILES string of the molecule is Fc1ccc(CNc2nc3cc(Cl)ccc3s2)cc1Cl. The summed E-state index contributed by atoms with van der Waals surface area (Å²) in [5, 5.41) is 4.79. The highest BCUT2D eigenvalue weighted by Gasteiger charge is 2.05. The summed E-state index contributed by atoms with van der Waals surface area (Å²) in [4.78, 5) is 4.44. The van der Waals surface area contributed by atoms with Gasteiger partial charge in [-0.15, -0.1) is 0 Å². The third-order valence-corrected chi connectivity index (χ3v) is 4.30. The number of hydrogen-bond donors (Lipinski definition) is 1. The quantitative estimate of drug-likeness (QED) is 0.701. The lowest BCUT2D eigenvalue weighted by atomic mass is 10.2. The lowest BCUT2D eigenvalue weighted by Crippen LogP contribution is -1.99. The predicted octanol–water partition coefficient (Wildman–Crippen LogP) is 5.35. The van der Waals surface area contributed by atoms with E-state index in [1.165, 1.54) is 6.07 Å². The molecule has 0 aliphatic heterocycles. The molecular formula is C14H9Cl2FN2S. The molecule has 2 nitrogen and oxygen atoms in total. The van der Waals surface area contributed by atoms with Crippen LogP contribution in [0.4, 0.5) is 9.52 Å². The zero-order chi connectivity index (χ0) is 14.1. The van der Waals surface area contributed by atoms with E-state index in [9.17, 15) is 4.39 Å². The number of benzene rings is 2. The molecule has 0 saturated carbocycles. The fourth-order valence-electron chi connectivity index (χ4n) is 1.80. The Labute approximate surface area is 129 Å². The van der Waals surface area contributed by atoms with Crippen LogP contribution in [0.1, 0.15) is 5.56 Å². The van der Waals surface area contributed by atoms with Gasteiger partial charge in [-0.3, -0.25) is 0 Å². The van der Waals surface area contributed by atoms with Crippen molar-refractivity contribution >= 4 is 49.9 Å². The average molecular weight is 327 g/mol. The van der Waals surface area contributed by atoms with Crippen molar-refractivity contribution in [3.05, 3.63) is 57.8 Å². The van der Waals surface area contributed by atoms with E-state index in [0.717, 1.165) is 20.9 Å². The zero-order valence-corrected chi connectivity index (χ0v) is 12.5. The summed E-state index contributed by atoms with van der Waals surface area (Å²) in [7, 11) is 0. The van der Waals surface area contributed by atoms with Crippen LogP contribution >= 0.6 is 34.5 Å². The number of nitrogens with zero attached hydrogens (tertiary/aromatic N) is 1. The molecular weight excluding hydrogens is 318 g/mol. The first-order valence-electron chi connectivity index (χ1n) is 5.86. The topological polar surface area (TPSA) is 24.9 Å². The third kappa shape index (κ3) is 2.87. The van der Waals surface area contributed by atoms with Crippen LogP contribution in [0, 0.1) is 5.82 Å². The van der Waals surface area contributed by atoms with Crippen molar-refractivity contribution in [1.29, 1.82) is 0 Å². The molecule has 1 N–H and O–H groups in total. The van der Waals surface area contributed by atoms with E-state index in [4.69, 9.17) is 23.2 Å². The number of nitrogens with one attached hydrogen (secondary N) is 1. The van der Waals surface area contributed by atoms with Gasteiger partial charge in [0, 0.05) is 11.6 Å². The number of anilines is 1. The minimum absolute atomic E-state index is 0.125. The van der Waals surface area contributed by atoms with Gasteiger partial charge in [-0.05, 0) is 35.9 Å². The Morgan fingerprint density at radius 1 is 1.15 bits per heavy atom. The van der Waals surface area contributed by atoms with Crippen LogP contribution in [0.15, 0.2) is 36.4 Å². The first kappa shape index (κ1) is 13.6. The molecule has 0 radical (unpaired) electrons. The summed E-state index contributed by atoms with van der Waals surface area (Å²) in [6.07, 6.45) is 0. The number of hydrogen-bond acceptors (Lipinski definition) is 3. The van der Waals surface area contributed by atoms with E-state index >= 15 is 0 Å². The van der Waals surface area contributed by atoms with E-state index in [1.807, 2.05) is 18.2 Å². The van der Waals surface area contributed by atoms with Crippen molar-refractivity contribution in [2.45, 2.75) is 6.54 Å². The Hall–Kier alpha value is -1.36. The smallest absolute Gasteiger partial charge is 0.184 e. The van der Waals surface area contributed by atoms with Crippen LogP contribution in [0.2, 0.25) is 10.0 Å². The number of fused-ring (bicyclic) bond motifs is 1. The van der Waals surface area contributed by atoms with Crippen molar-refractivity contribution in [3.63, 3.8) is 0 Å². The molecule has 0 atom stereocenters. The van der Waals surface area contributed by atoms with Gasteiger partial charge in [0.25, 0.3) is 0 Å². The van der Waals surface area contributed by atoms with Crippen molar-refractivity contribution in [3.8, 4) is 0 Å². The molecule has 0 spiro atoms. The van der Waals surface area contributed by atoms with Gasteiger partial charge in [0.15, 0.2) is 5.13 Å². The molecule has 102 valence electrons. The minimum Gasteiger partial charge on any atom is -0.357 e. The molecule has 0 aliphatic rings. The third-order valence-electron chi connectivity index (χ3n) is 2.78. The summed E-state index contributed by atoms with van der Waals surface area (Å²) in [6.45, 7) is 0.535. The average Bonchev–Trinajstić information content (AvgIpc) is 2.82. The summed E-state index contributed by atoms with van der Waals surface area (Å²) >= 11 is 13.2. The second kappa shape index (κ2) is 5.56. The Morgan fingerprint density at radius 2 is 2.00 bits per heavy atom. The van der Waals surface area contributed by atoms with Gasteiger partial charge in [-0.25, -0.2) is 9.37 Å². The van der Waals surface area contributed by atoms with Crippen LogP contribution in [0.5, 0.6) is 0 Å². The van der Waals surface area contributed by atoms with E-state index in [0.29, 0.717) is 11.6 Å². The summed E-state index contributed by atoms with van der Waals surface area (Å²) < 4.78 is 14.1. The number of aromatic nitrogens is 1. The van der Waals surface area contributed by atoms with Crippen molar-refractivity contribution in [2.24, 2.45) is 0 Å². The van der Waals surface area contributed by atoms with E-state index in [2.05, 4.69) is 10.3 Å². The van der Waals surface area contributed by atoms with Crippen LogP contribution in [0.3, 0.4) is 0 Å². The highest BCUT2D eigenvalue weighted by atomic mass is 35.5. The Kier molecular flexibility index (Phi) is 3.78. The molecule has 2 aromatic carbocycles. The minimum atomic E-state index is -0.412. The molecule has 3 rings (SSSR count). The molecule has 0 unspecified atom stereocenters. The Morgan fingerprint density at radius 3 is 2.80 bits per heavy atom. The Bertz CT molecular complexity index is 773. The molecule has 0 fully saturated rings. The fraction of sp³-hybridized carbons (Fsp3) is 0.0714. The summed E-state index contributed by atoms with van der Waals surface area (Å²) in [5.41, 5.74) is 1.76. The van der Waals surface area contributed by atoms with Crippen LogP contribution in [0.25, 0.3) is 10.2 Å². The van der Waals surface area contributed by atoms with Gasteiger partial charge in [-0.2, -0.15) is 0 Å². The fourth-order valence-corrected chi connectivity index (χ4v) is 3.01. The molecule has 1 heterocycles. The van der Waals surface area contributed by atoms with E-state index in [-0.39, 0.29) is 5.02 Å². The van der Waals surface area contributed by atoms with Crippen LogP contribution < -0.4 is 5.32 Å². The molecule has 1 aromatic heterocycles. The second-order valence-electron chi connectivity index (χ2n) is 4.23. The van der Waals surface area contributed by atoms with Gasteiger partial charge in [0.05, 0.1) is 15.2 Å². The lowest BCUT2D eigenvalue weighted by Gasteiger charge is -2.03. The normalized spacial score (nSPS) is 10.9. The first-order chi connectivity index (χ1) is 9.61. The number of halogens is 3. The maximum Gasteiger partial charge on any atom is 0.184 e. The van der Waals surface area contributed by atoms with Crippen molar-refractivity contribution < 1.29 is 4.39 Å². The monoisotopic (exact) mass is 326 g/mol. The molecule has 0 saturated heterocycles. The predicted molar refractivity (Wildman–Crippen MR) is 83.4 cm³/mol. The lowest BCUT2D eigenvalue weighted by molar-refractivity contribution is 0.627. The summed E-state index contributed by atoms with van der Waals surface area (Å²) in [6, 6.07) is 10.3. The van der Waals surface area contributed by atoms with Crippen LogP contribution in [-0.4, -0.2) is 4.98 Å². The maximum absolute atomic E-state index is 13.1. The van der Waals surface area contributed by atoms with Gasteiger partial charge in [0.1, 0.15) is 5.82 Å². The van der Waals surface area contributed by atoms with Gasteiger partial charge in [-0.1, -0.05) is 40.6 Å². The zero-order valence-electron chi connectivity index (χ0n) is 10.2. The Balaban J connectivity index is 1.77. The highest BCUT2D eigenvalue weighted by Crippen LogP contribution is 2.28. The highest BCUT2D eigenvalue weighted by molar-refractivity contribution is 7.22. The molecule has 20 heavy (non-hydrogen) atoms. The van der Waals surface area contributed by atoms with Gasteiger partial charge in [0.2, 0.25) is 0 Å². The number of rotatable bonds is 3. The number of thiazole rings is 1. The van der Waals surface area contributed by atoms with E-state index in [1.54, 1.807) is 23.5 Å². The molecule has 6 heteroatoms. The maximum atomic E-state index is 13.1. The standard InChI is InChI=1S/C14H9Cl2FN2S/c15-9-2-4-13-12(6-9)19-14(20-13)18-7-8-1-3-11(17)10(16)5-8/h1-6H,7H2,(H,18,19). The van der Waals surface area contributed by atoms with Gasteiger partial charge < -0.3 is 5.32 Å². The summed E-state index contributed by atoms with van der Waals surface area (Å²) in [5.74, 6) is -0.412. The van der Waals surface area contributed by atoms with Crippen LogP contribution in [-0.2, 0) is 6.54 Å². The second-order valence-corrected chi connectivity index (χ2v) is 6.11. The van der Waals surface area contributed by atoms with Crippen molar-refractivity contribution in [2.75, 3.05) is 5.32 Å². The molecule has 0 bridgehead atoms.